The number of ether oxygens (including phenoxy) is 1. The zero-order valence-electron chi connectivity index (χ0n) is 14.4. The van der Waals surface area contributed by atoms with Gasteiger partial charge >= 0.3 is 0 Å². The quantitative estimate of drug-likeness (QED) is 0.567. The normalized spacial score (nSPS) is 15.4. The Balaban J connectivity index is 1.75. The van der Waals surface area contributed by atoms with E-state index < -0.39 is 5.91 Å². The molecular weight excluding hydrogens is 512 g/mol. The highest BCUT2D eigenvalue weighted by molar-refractivity contribution is 9.10. The maximum Gasteiger partial charge on any atom is 0.293 e. The van der Waals surface area contributed by atoms with Crippen LogP contribution in [-0.2, 0) is 16.1 Å². The van der Waals surface area contributed by atoms with Crippen LogP contribution in [0.5, 0.6) is 5.75 Å². The number of hydrogen-bond acceptors (Lipinski definition) is 5. The lowest BCUT2D eigenvalue weighted by molar-refractivity contribution is -0.123. The molecule has 1 fully saturated rings. The third-order valence-electron chi connectivity index (χ3n) is 3.75. The van der Waals surface area contributed by atoms with E-state index in [-0.39, 0.29) is 24.3 Å². The molecule has 28 heavy (non-hydrogen) atoms. The van der Waals surface area contributed by atoms with Gasteiger partial charge in [0.1, 0.15) is 5.75 Å². The molecule has 0 aromatic heterocycles. The van der Waals surface area contributed by atoms with Gasteiger partial charge in [-0.15, -0.1) is 0 Å². The van der Waals surface area contributed by atoms with Crippen molar-refractivity contribution in [2.75, 3.05) is 6.61 Å². The number of nitrogens with two attached hydrogens (primary N) is 1. The van der Waals surface area contributed by atoms with Crippen molar-refractivity contribution < 1.29 is 19.1 Å². The molecule has 0 unspecified atom stereocenters. The number of primary amides is 1. The van der Waals surface area contributed by atoms with Crippen LogP contribution in [0.2, 0.25) is 0 Å². The molecule has 144 valence electrons. The lowest BCUT2D eigenvalue weighted by Crippen LogP contribution is -2.27. The summed E-state index contributed by atoms with van der Waals surface area (Å²) in [6, 6.07) is 12.6. The Labute approximate surface area is 182 Å². The lowest BCUT2D eigenvalue weighted by atomic mass is 10.2. The minimum atomic E-state index is -0.574. The molecule has 2 N–H and O–H groups in total. The molecule has 3 rings (SSSR count). The number of carbonyl (C=O) groups excluding carboxylic acids is 3. The van der Waals surface area contributed by atoms with Crippen molar-refractivity contribution in [3.8, 4) is 5.75 Å². The van der Waals surface area contributed by atoms with Crippen molar-refractivity contribution in [1.82, 2.24) is 4.90 Å². The van der Waals surface area contributed by atoms with Gasteiger partial charge in [0.05, 0.1) is 15.9 Å². The molecule has 1 heterocycles. The van der Waals surface area contributed by atoms with Gasteiger partial charge in [0.25, 0.3) is 17.1 Å². The molecule has 1 aliphatic heterocycles. The summed E-state index contributed by atoms with van der Waals surface area (Å²) in [4.78, 5) is 37.3. The largest absolute Gasteiger partial charge is 0.483 e. The number of halogens is 2. The van der Waals surface area contributed by atoms with Crippen molar-refractivity contribution in [1.29, 1.82) is 0 Å². The summed E-state index contributed by atoms with van der Waals surface area (Å²) in [5.41, 5.74) is 6.65. The van der Waals surface area contributed by atoms with Gasteiger partial charge in [0, 0.05) is 4.47 Å². The Morgan fingerprint density at radius 3 is 2.50 bits per heavy atom. The summed E-state index contributed by atoms with van der Waals surface area (Å²) >= 11 is 7.62. The Morgan fingerprint density at radius 2 is 1.86 bits per heavy atom. The van der Waals surface area contributed by atoms with Crippen molar-refractivity contribution in [3.05, 3.63) is 67.4 Å². The predicted molar refractivity (Wildman–Crippen MR) is 114 cm³/mol. The standard InChI is InChI=1S/C19H14Br2N2O4S/c20-13-4-1-11(2-5-13)9-23-18(25)16(28-19(23)26)8-12-3-6-15(14(21)7-12)27-10-17(22)24/h1-8H,9-10H2,(H2,22,24)/b16-8-. The average molecular weight is 526 g/mol. The van der Waals surface area contributed by atoms with Crippen molar-refractivity contribution in [2.24, 2.45) is 5.73 Å². The average Bonchev–Trinajstić information content (AvgIpc) is 2.90. The van der Waals surface area contributed by atoms with Gasteiger partial charge in [0.15, 0.2) is 6.61 Å². The molecule has 9 heteroatoms. The summed E-state index contributed by atoms with van der Waals surface area (Å²) in [5.74, 6) is -0.446. The summed E-state index contributed by atoms with van der Waals surface area (Å²) in [6.45, 7) is -0.00817. The summed E-state index contributed by atoms with van der Waals surface area (Å²) in [6.07, 6.45) is 1.65. The smallest absolute Gasteiger partial charge is 0.293 e. The Hall–Kier alpha value is -2.10. The first-order chi connectivity index (χ1) is 13.3. The third kappa shape index (κ3) is 5.03. The molecule has 0 bridgehead atoms. The molecule has 1 aliphatic rings. The van der Waals surface area contributed by atoms with E-state index in [1.165, 1.54) is 4.90 Å². The number of benzene rings is 2. The minimum Gasteiger partial charge on any atom is -0.483 e. The van der Waals surface area contributed by atoms with Crippen molar-refractivity contribution >= 4 is 66.8 Å². The summed E-state index contributed by atoms with van der Waals surface area (Å²) in [5, 5.41) is -0.306. The van der Waals surface area contributed by atoms with E-state index in [0.29, 0.717) is 20.7 Å². The van der Waals surface area contributed by atoms with E-state index >= 15 is 0 Å². The van der Waals surface area contributed by atoms with Crippen LogP contribution in [0.25, 0.3) is 6.08 Å². The highest BCUT2D eigenvalue weighted by Crippen LogP contribution is 2.34. The number of amides is 3. The van der Waals surface area contributed by atoms with Crippen LogP contribution in [0.15, 0.2) is 56.3 Å². The van der Waals surface area contributed by atoms with E-state index in [2.05, 4.69) is 31.9 Å². The molecule has 6 nitrogen and oxygen atoms in total. The second-order valence-corrected chi connectivity index (χ2v) is 8.60. The predicted octanol–water partition coefficient (Wildman–Crippen LogP) is 4.31. The van der Waals surface area contributed by atoms with Gasteiger partial charge in [-0.2, -0.15) is 0 Å². The van der Waals surface area contributed by atoms with Crippen LogP contribution >= 0.6 is 43.6 Å². The van der Waals surface area contributed by atoms with Crippen molar-refractivity contribution in [3.63, 3.8) is 0 Å². The zero-order chi connectivity index (χ0) is 20.3. The van der Waals surface area contributed by atoms with Crippen molar-refractivity contribution in [2.45, 2.75) is 6.54 Å². The molecule has 0 radical (unpaired) electrons. The van der Waals surface area contributed by atoms with E-state index in [1.807, 2.05) is 24.3 Å². The van der Waals surface area contributed by atoms with Gasteiger partial charge in [0.2, 0.25) is 0 Å². The molecule has 2 aromatic carbocycles. The highest BCUT2D eigenvalue weighted by Gasteiger charge is 2.34. The summed E-state index contributed by atoms with van der Waals surface area (Å²) < 4.78 is 6.81. The highest BCUT2D eigenvalue weighted by atomic mass is 79.9. The molecule has 0 saturated carbocycles. The SMILES string of the molecule is NC(=O)COc1ccc(/C=C2\SC(=O)N(Cc3ccc(Br)cc3)C2=O)cc1Br. The van der Waals surface area contributed by atoms with Gasteiger partial charge in [-0.25, -0.2) is 0 Å². The fraction of sp³-hybridized carbons (Fsp3) is 0.105. The molecule has 0 aliphatic carbocycles. The van der Waals surface area contributed by atoms with Gasteiger partial charge in [-0.1, -0.05) is 34.1 Å². The van der Waals surface area contributed by atoms with Crippen LogP contribution < -0.4 is 10.5 Å². The Bertz CT molecular complexity index is 976. The Kier molecular flexibility index (Phi) is 6.58. The van der Waals surface area contributed by atoms with Crippen LogP contribution in [-0.4, -0.2) is 28.6 Å². The maximum atomic E-state index is 12.6. The van der Waals surface area contributed by atoms with E-state index in [9.17, 15) is 14.4 Å². The fourth-order valence-corrected chi connectivity index (χ4v) is 4.05. The van der Waals surface area contributed by atoms with Crippen LogP contribution in [0.1, 0.15) is 11.1 Å². The van der Waals surface area contributed by atoms with E-state index in [0.717, 1.165) is 21.8 Å². The first-order valence-corrected chi connectivity index (χ1v) is 10.4. The second-order valence-electron chi connectivity index (χ2n) is 5.84. The Morgan fingerprint density at radius 1 is 1.14 bits per heavy atom. The number of hydrogen-bond donors (Lipinski definition) is 1. The first kappa shape index (κ1) is 20.6. The summed E-state index contributed by atoms with van der Waals surface area (Å²) in [7, 11) is 0. The van der Waals surface area contributed by atoms with Crippen LogP contribution in [0.4, 0.5) is 4.79 Å². The molecular formula is C19H14Br2N2O4S. The van der Waals surface area contributed by atoms with E-state index in [4.69, 9.17) is 10.5 Å². The van der Waals surface area contributed by atoms with Gasteiger partial charge in [-0.3, -0.25) is 19.3 Å². The number of nitrogens with zero attached hydrogens (tertiary/aromatic N) is 1. The molecule has 3 amide bonds. The fourth-order valence-electron chi connectivity index (χ4n) is 2.43. The van der Waals surface area contributed by atoms with Crippen LogP contribution in [0, 0.1) is 0 Å². The number of imide groups is 1. The number of thioether (sulfide) groups is 1. The third-order valence-corrected chi connectivity index (χ3v) is 5.81. The number of rotatable bonds is 6. The molecule has 0 atom stereocenters. The topological polar surface area (TPSA) is 89.7 Å². The van der Waals surface area contributed by atoms with E-state index in [1.54, 1.807) is 24.3 Å². The molecule has 2 aromatic rings. The van der Waals surface area contributed by atoms with Gasteiger partial charge < -0.3 is 10.5 Å². The minimum absolute atomic E-state index is 0.221. The molecule has 1 saturated heterocycles. The molecule has 0 spiro atoms. The van der Waals surface area contributed by atoms with Gasteiger partial charge in [-0.05, 0) is 69.2 Å². The lowest BCUT2D eigenvalue weighted by Gasteiger charge is -2.12. The van der Waals surface area contributed by atoms with Crippen LogP contribution in [0.3, 0.4) is 0 Å². The number of carbonyl (C=O) groups is 3. The monoisotopic (exact) mass is 524 g/mol. The maximum absolute atomic E-state index is 12.6. The first-order valence-electron chi connectivity index (χ1n) is 8.04. The second kappa shape index (κ2) is 8.93. The zero-order valence-corrected chi connectivity index (χ0v) is 18.3.